The Labute approximate surface area is 166 Å². The van der Waals surface area contributed by atoms with Crippen molar-refractivity contribution in [2.45, 2.75) is 45.8 Å². The highest BCUT2D eigenvalue weighted by molar-refractivity contribution is 6.99. The van der Waals surface area contributed by atoms with Crippen LogP contribution >= 0.6 is 0 Å². The van der Waals surface area contributed by atoms with Gasteiger partial charge in [0.15, 0.2) is 0 Å². The van der Waals surface area contributed by atoms with E-state index in [-0.39, 0.29) is 16.9 Å². The Bertz CT molecular complexity index is 667. The monoisotopic (exact) mass is 382 g/mol. The van der Waals surface area contributed by atoms with Crippen LogP contribution in [0.1, 0.15) is 34.6 Å². The van der Waals surface area contributed by atoms with Gasteiger partial charge in [-0.3, -0.25) is 0 Å². The number of benzene rings is 2. The summed E-state index contributed by atoms with van der Waals surface area (Å²) in [6.07, 6.45) is 1.35. The second-order valence-electron chi connectivity index (χ2n) is 8.54. The first-order valence-corrected chi connectivity index (χ1v) is 11.7. The van der Waals surface area contributed by atoms with Gasteiger partial charge in [-0.15, -0.1) is 6.58 Å². The predicted molar refractivity (Wildman–Crippen MR) is 118 cm³/mol. The third kappa shape index (κ3) is 4.60. The largest absolute Gasteiger partial charge is 0.407 e. The number of hydrogen-bond donors (Lipinski definition) is 1. The third-order valence-corrected chi connectivity index (χ3v) is 10.5. The van der Waals surface area contributed by atoms with Crippen LogP contribution in [0, 0.1) is 11.8 Å². The van der Waals surface area contributed by atoms with E-state index in [1.165, 1.54) is 10.4 Å². The van der Waals surface area contributed by atoms with E-state index in [1.807, 2.05) is 13.0 Å². The number of hydrogen-bond acceptors (Lipinski definition) is 2. The van der Waals surface area contributed by atoms with Crippen LogP contribution in [0.4, 0.5) is 0 Å². The van der Waals surface area contributed by atoms with Gasteiger partial charge in [0, 0.05) is 18.4 Å². The lowest BCUT2D eigenvalue weighted by atomic mass is 9.94. The molecule has 2 aromatic rings. The first-order valence-electron chi connectivity index (χ1n) is 9.79. The van der Waals surface area contributed by atoms with Crippen LogP contribution in [0.25, 0.3) is 0 Å². The summed E-state index contributed by atoms with van der Waals surface area (Å²) in [6, 6.07) is 21.2. The van der Waals surface area contributed by atoms with Crippen LogP contribution < -0.4 is 10.4 Å². The van der Waals surface area contributed by atoms with E-state index < -0.39 is 14.4 Å². The lowest BCUT2D eigenvalue weighted by Crippen LogP contribution is -2.67. The fourth-order valence-electron chi connectivity index (χ4n) is 3.77. The average Bonchev–Trinajstić information content (AvgIpc) is 2.67. The summed E-state index contributed by atoms with van der Waals surface area (Å²) in [4.78, 5) is 0. The van der Waals surface area contributed by atoms with Crippen molar-refractivity contribution < 1.29 is 9.53 Å². The zero-order valence-corrected chi connectivity index (χ0v) is 18.4. The Kier molecular flexibility index (Phi) is 7.21. The predicted octanol–water partition coefficient (Wildman–Crippen LogP) is 4.38. The summed E-state index contributed by atoms with van der Waals surface area (Å²) in [5.41, 5.74) is 0. The normalized spacial score (nSPS) is 15.8. The summed E-state index contributed by atoms with van der Waals surface area (Å²) in [5, 5.41) is 13.1. The molecule has 0 heterocycles. The van der Waals surface area contributed by atoms with E-state index in [2.05, 4.69) is 94.9 Å². The molecule has 3 heteroatoms. The summed E-state index contributed by atoms with van der Waals surface area (Å²) in [7, 11) is -2.54. The van der Waals surface area contributed by atoms with Crippen molar-refractivity contribution in [3.05, 3.63) is 73.3 Å². The minimum atomic E-state index is -2.54. The Balaban J connectivity index is 2.48. The quantitative estimate of drug-likeness (QED) is 0.542. The molecule has 0 spiro atoms. The van der Waals surface area contributed by atoms with Crippen molar-refractivity contribution in [3.8, 4) is 0 Å². The van der Waals surface area contributed by atoms with Crippen molar-refractivity contribution in [3.63, 3.8) is 0 Å². The summed E-state index contributed by atoms with van der Waals surface area (Å²) in [6.45, 7) is 15.2. The van der Waals surface area contributed by atoms with E-state index in [1.54, 1.807) is 0 Å². The maximum absolute atomic E-state index is 10.6. The SMILES string of the molecule is C=C[C@H](C)[C@@H](O)[C@H](C)CO[Si](c1ccccc1)(c1ccccc1)C(C)(C)C. The molecule has 0 saturated carbocycles. The van der Waals surface area contributed by atoms with Gasteiger partial charge in [-0.05, 0) is 15.4 Å². The highest BCUT2D eigenvalue weighted by atomic mass is 28.4. The molecular weight excluding hydrogens is 348 g/mol. The van der Waals surface area contributed by atoms with E-state index in [0.29, 0.717) is 6.61 Å². The van der Waals surface area contributed by atoms with Crippen LogP contribution in [0.15, 0.2) is 73.3 Å². The maximum atomic E-state index is 10.6. The number of aliphatic hydroxyl groups is 1. The van der Waals surface area contributed by atoms with Gasteiger partial charge in [-0.25, -0.2) is 0 Å². The van der Waals surface area contributed by atoms with Gasteiger partial charge in [0.25, 0.3) is 8.32 Å². The van der Waals surface area contributed by atoms with Gasteiger partial charge >= 0.3 is 0 Å². The highest BCUT2D eigenvalue weighted by Gasteiger charge is 2.50. The van der Waals surface area contributed by atoms with E-state index in [9.17, 15) is 5.11 Å². The Hall–Kier alpha value is -1.68. The van der Waals surface area contributed by atoms with Crippen molar-refractivity contribution in [2.24, 2.45) is 11.8 Å². The number of aliphatic hydroxyl groups excluding tert-OH is 1. The first kappa shape index (κ1) is 21.6. The number of rotatable bonds is 8. The molecule has 0 radical (unpaired) electrons. The standard InChI is InChI=1S/C24H34O2Si/c1-7-19(2)23(25)20(3)18-26-27(24(4,5)6,21-14-10-8-11-15-21)22-16-12-9-13-17-22/h7-17,19-20,23,25H,1,18H2,2-6H3/t19-,20+,23+/m0/s1. The molecule has 2 nitrogen and oxygen atoms in total. The molecule has 2 rings (SSSR count). The lowest BCUT2D eigenvalue weighted by Gasteiger charge is -2.44. The molecule has 27 heavy (non-hydrogen) atoms. The van der Waals surface area contributed by atoms with Crippen LogP contribution in [0.5, 0.6) is 0 Å². The summed E-state index contributed by atoms with van der Waals surface area (Å²) in [5.74, 6) is 0.0717. The van der Waals surface area contributed by atoms with Crippen LogP contribution in [-0.4, -0.2) is 26.1 Å². The van der Waals surface area contributed by atoms with Crippen molar-refractivity contribution in [1.29, 1.82) is 0 Å². The first-order chi connectivity index (χ1) is 12.7. The fourth-order valence-corrected chi connectivity index (χ4v) is 8.44. The Morgan fingerprint density at radius 3 is 1.78 bits per heavy atom. The minimum Gasteiger partial charge on any atom is -0.407 e. The second-order valence-corrected chi connectivity index (χ2v) is 12.8. The second kappa shape index (κ2) is 9.00. The molecule has 0 unspecified atom stereocenters. The fraction of sp³-hybridized carbons (Fsp3) is 0.417. The van der Waals surface area contributed by atoms with Crippen molar-refractivity contribution >= 4 is 18.7 Å². The highest BCUT2D eigenvalue weighted by Crippen LogP contribution is 2.37. The molecule has 0 aliphatic heterocycles. The Morgan fingerprint density at radius 2 is 1.41 bits per heavy atom. The zero-order chi connectivity index (χ0) is 20.1. The summed E-state index contributed by atoms with van der Waals surface area (Å²) >= 11 is 0. The van der Waals surface area contributed by atoms with Gasteiger partial charge in [0.05, 0.1) is 6.10 Å². The molecule has 0 bridgehead atoms. The van der Waals surface area contributed by atoms with E-state index >= 15 is 0 Å². The maximum Gasteiger partial charge on any atom is 0.261 e. The topological polar surface area (TPSA) is 29.5 Å². The molecule has 1 N–H and O–H groups in total. The smallest absolute Gasteiger partial charge is 0.261 e. The van der Waals surface area contributed by atoms with Crippen LogP contribution in [0.3, 0.4) is 0 Å². The molecule has 3 atom stereocenters. The molecular formula is C24H34O2Si. The van der Waals surface area contributed by atoms with Gasteiger partial charge < -0.3 is 9.53 Å². The molecule has 0 aliphatic carbocycles. The van der Waals surface area contributed by atoms with Gasteiger partial charge in [-0.1, -0.05) is 101 Å². The van der Waals surface area contributed by atoms with Gasteiger partial charge in [0.2, 0.25) is 0 Å². The van der Waals surface area contributed by atoms with Crippen molar-refractivity contribution in [1.82, 2.24) is 0 Å². The Morgan fingerprint density at radius 1 is 0.963 bits per heavy atom. The van der Waals surface area contributed by atoms with E-state index in [0.717, 1.165) is 0 Å². The van der Waals surface area contributed by atoms with Crippen LogP contribution in [-0.2, 0) is 4.43 Å². The van der Waals surface area contributed by atoms with Gasteiger partial charge in [0.1, 0.15) is 0 Å². The zero-order valence-electron chi connectivity index (χ0n) is 17.4. The lowest BCUT2D eigenvalue weighted by molar-refractivity contribution is 0.0550. The molecule has 0 fully saturated rings. The van der Waals surface area contributed by atoms with Gasteiger partial charge in [-0.2, -0.15) is 0 Å². The molecule has 0 aromatic heterocycles. The molecule has 0 aliphatic rings. The minimum absolute atomic E-state index is 0.0275. The molecule has 0 saturated heterocycles. The average molecular weight is 383 g/mol. The van der Waals surface area contributed by atoms with Crippen molar-refractivity contribution in [2.75, 3.05) is 6.61 Å². The molecule has 2 aromatic carbocycles. The van der Waals surface area contributed by atoms with Crippen LogP contribution in [0.2, 0.25) is 5.04 Å². The third-order valence-electron chi connectivity index (χ3n) is 5.47. The van der Waals surface area contributed by atoms with E-state index in [4.69, 9.17) is 4.43 Å². The molecule has 146 valence electrons. The summed E-state index contributed by atoms with van der Waals surface area (Å²) < 4.78 is 6.89. The molecule has 0 amide bonds.